The van der Waals surface area contributed by atoms with E-state index in [0.717, 1.165) is 16.7 Å². The van der Waals surface area contributed by atoms with Crippen LogP contribution < -0.4 is 5.56 Å². The molecule has 1 aromatic carbocycles. The molecule has 3 heterocycles. The molecule has 5 nitrogen and oxygen atoms in total. The van der Waals surface area contributed by atoms with Gasteiger partial charge in [0.1, 0.15) is 10.7 Å². The molecule has 0 atom stereocenters. The number of halogens is 1. The lowest BCUT2D eigenvalue weighted by Gasteiger charge is -2.06. The maximum atomic E-state index is 11.8. The third kappa shape index (κ3) is 1.50. The van der Waals surface area contributed by atoms with Crippen LogP contribution in [0.2, 0.25) is 5.15 Å². The van der Waals surface area contributed by atoms with Gasteiger partial charge in [-0.2, -0.15) is 0 Å². The lowest BCUT2D eigenvalue weighted by atomic mass is 10.2. The molecule has 98 valence electrons. The van der Waals surface area contributed by atoms with Crippen molar-refractivity contribution in [2.75, 3.05) is 0 Å². The van der Waals surface area contributed by atoms with Crippen molar-refractivity contribution in [1.82, 2.24) is 14.5 Å². The molecular formula is C14H8ClN3O2. The van der Waals surface area contributed by atoms with Gasteiger partial charge in [0, 0.05) is 11.1 Å². The highest BCUT2D eigenvalue weighted by atomic mass is 35.5. The van der Waals surface area contributed by atoms with Gasteiger partial charge in [-0.05, 0) is 30.3 Å². The number of rotatable bonds is 1. The van der Waals surface area contributed by atoms with Crippen LogP contribution in [0.1, 0.15) is 0 Å². The molecule has 20 heavy (non-hydrogen) atoms. The summed E-state index contributed by atoms with van der Waals surface area (Å²) in [4.78, 5) is 18.5. The predicted molar refractivity (Wildman–Crippen MR) is 76.5 cm³/mol. The Labute approximate surface area is 117 Å². The minimum Gasteiger partial charge on any atom is -0.464 e. The number of hydrogen-bond donors (Lipinski definition) is 1. The zero-order valence-electron chi connectivity index (χ0n) is 10.1. The molecule has 0 saturated carbocycles. The Balaban J connectivity index is 2.08. The third-order valence-corrected chi connectivity index (χ3v) is 3.53. The molecular weight excluding hydrogens is 278 g/mol. The van der Waals surface area contributed by atoms with Crippen molar-refractivity contribution in [3.05, 3.63) is 58.4 Å². The van der Waals surface area contributed by atoms with E-state index in [1.165, 1.54) is 6.33 Å². The molecule has 0 amide bonds. The van der Waals surface area contributed by atoms with Crippen LogP contribution in [0, 0.1) is 0 Å². The topological polar surface area (TPSA) is 63.8 Å². The van der Waals surface area contributed by atoms with Crippen LogP contribution in [0.3, 0.4) is 0 Å². The Hall–Kier alpha value is -2.53. The van der Waals surface area contributed by atoms with Crippen molar-refractivity contribution in [1.29, 1.82) is 0 Å². The Morgan fingerprint density at radius 1 is 1.25 bits per heavy atom. The second kappa shape index (κ2) is 3.98. The van der Waals surface area contributed by atoms with Gasteiger partial charge >= 0.3 is 0 Å². The number of furan rings is 1. The Morgan fingerprint density at radius 2 is 2.15 bits per heavy atom. The number of aromatic amines is 1. The zero-order chi connectivity index (χ0) is 13.7. The van der Waals surface area contributed by atoms with E-state index in [2.05, 4.69) is 9.97 Å². The summed E-state index contributed by atoms with van der Waals surface area (Å²) in [6.07, 6.45) is 3.00. The molecule has 4 aromatic rings. The summed E-state index contributed by atoms with van der Waals surface area (Å²) in [5.41, 5.74) is 1.95. The summed E-state index contributed by atoms with van der Waals surface area (Å²) in [7, 11) is 0. The van der Waals surface area contributed by atoms with E-state index in [9.17, 15) is 4.79 Å². The summed E-state index contributed by atoms with van der Waals surface area (Å²) >= 11 is 6.25. The maximum absolute atomic E-state index is 11.8. The van der Waals surface area contributed by atoms with E-state index in [0.29, 0.717) is 16.2 Å². The average Bonchev–Trinajstić information content (AvgIpc) is 3.02. The van der Waals surface area contributed by atoms with E-state index in [4.69, 9.17) is 16.0 Å². The Kier molecular flexibility index (Phi) is 2.25. The number of hydrogen-bond acceptors (Lipinski definition) is 3. The van der Waals surface area contributed by atoms with Crippen LogP contribution in [-0.2, 0) is 0 Å². The number of fused-ring (bicyclic) bond motifs is 2. The first kappa shape index (κ1) is 11.3. The fraction of sp³-hybridized carbons (Fsp3) is 0. The standard InChI is InChI=1S/C14H8ClN3O2/c15-12-6-10-13(16-7-17-14(10)19)18(12)9-1-2-11-8(5-9)3-4-20-11/h1-7H,(H,16,17,19). The van der Waals surface area contributed by atoms with Gasteiger partial charge in [0.2, 0.25) is 0 Å². The van der Waals surface area contributed by atoms with E-state index >= 15 is 0 Å². The lowest BCUT2D eigenvalue weighted by molar-refractivity contribution is 0.616. The highest BCUT2D eigenvalue weighted by Gasteiger charge is 2.13. The molecule has 0 aliphatic carbocycles. The van der Waals surface area contributed by atoms with Gasteiger partial charge in [-0.3, -0.25) is 9.36 Å². The number of nitrogens with zero attached hydrogens (tertiary/aromatic N) is 2. The second-order valence-corrected chi connectivity index (χ2v) is 4.80. The van der Waals surface area contributed by atoms with Gasteiger partial charge in [0.05, 0.1) is 18.0 Å². The van der Waals surface area contributed by atoms with E-state index in [-0.39, 0.29) is 5.56 Å². The molecule has 0 radical (unpaired) electrons. The van der Waals surface area contributed by atoms with Gasteiger partial charge in [0.25, 0.3) is 5.56 Å². The maximum Gasteiger partial charge on any atom is 0.260 e. The van der Waals surface area contributed by atoms with Crippen molar-refractivity contribution in [2.24, 2.45) is 0 Å². The third-order valence-electron chi connectivity index (χ3n) is 3.25. The zero-order valence-corrected chi connectivity index (χ0v) is 10.9. The molecule has 4 rings (SSSR count). The van der Waals surface area contributed by atoms with E-state index < -0.39 is 0 Å². The molecule has 3 aromatic heterocycles. The predicted octanol–water partition coefficient (Wildman–Crippen LogP) is 3.11. The van der Waals surface area contributed by atoms with Crippen LogP contribution in [0.4, 0.5) is 0 Å². The number of nitrogens with one attached hydrogen (secondary N) is 1. The van der Waals surface area contributed by atoms with Crippen LogP contribution in [0.5, 0.6) is 0 Å². The molecule has 0 fully saturated rings. The first-order chi connectivity index (χ1) is 9.74. The number of aromatic nitrogens is 3. The highest BCUT2D eigenvalue weighted by molar-refractivity contribution is 6.31. The SMILES string of the molecule is O=c1[nH]cnc2c1cc(Cl)n2-c1ccc2occc2c1. The van der Waals surface area contributed by atoms with Gasteiger partial charge in [-0.15, -0.1) is 0 Å². The first-order valence-electron chi connectivity index (χ1n) is 5.96. The Bertz CT molecular complexity index is 996. The number of benzene rings is 1. The molecule has 0 saturated heterocycles. The van der Waals surface area contributed by atoms with Crippen LogP contribution in [0.25, 0.3) is 27.7 Å². The van der Waals surface area contributed by atoms with Crippen LogP contribution >= 0.6 is 11.6 Å². The fourth-order valence-electron chi connectivity index (χ4n) is 2.33. The van der Waals surface area contributed by atoms with Crippen molar-refractivity contribution in [2.45, 2.75) is 0 Å². The largest absolute Gasteiger partial charge is 0.464 e. The molecule has 0 aliphatic heterocycles. The molecule has 0 bridgehead atoms. The summed E-state index contributed by atoms with van der Waals surface area (Å²) in [5, 5.41) is 1.86. The van der Waals surface area contributed by atoms with Crippen molar-refractivity contribution in [3.8, 4) is 5.69 Å². The van der Waals surface area contributed by atoms with E-state index in [1.807, 2.05) is 24.3 Å². The molecule has 6 heteroatoms. The quantitative estimate of drug-likeness (QED) is 0.584. The monoisotopic (exact) mass is 285 g/mol. The lowest BCUT2D eigenvalue weighted by Crippen LogP contribution is -2.06. The second-order valence-electron chi connectivity index (χ2n) is 4.41. The average molecular weight is 286 g/mol. The van der Waals surface area contributed by atoms with Crippen molar-refractivity contribution < 1.29 is 4.42 Å². The summed E-state index contributed by atoms with van der Waals surface area (Å²) in [6.45, 7) is 0. The van der Waals surface area contributed by atoms with Crippen LogP contribution in [-0.4, -0.2) is 14.5 Å². The molecule has 0 unspecified atom stereocenters. The highest BCUT2D eigenvalue weighted by Crippen LogP contribution is 2.27. The summed E-state index contributed by atoms with van der Waals surface area (Å²) < 4.78 is 7.05. The molecule has 0 aliphatic rings. The van der Waals surface area contributed by atoms with Gasteiger partial charge < -0.3 is 9.40 Å². The van der Waals surface area contributed by atoms with Gasteiger partial charge in [-0.1, -0.05) is 11.6 Å². The molecule has 0 spiro atoms. The smallest absolute Gasteiger partial charge is 0.260 e. The van der Waals surface area contributed by atoms with Crippen molar-refractivity contribution in [3.63, 3.8) is 0 Å². The Morgan fingerprint density at radius 3 is 3.05 bits per heavy atom. The van der Waals surface area contributed by atoms with Gasteiger partial charge in [0.15, 0.2) is 5.65 Å². The fourth-order valence-corrected chi connectivity index (χ4v) is 2.62. The van der Waals surface area contributed by atoms with E-state index in [1.54, 1.807) is 16.9 Å². The molecule has 1 N–H and O–H groups in total. The van der Waals surface area contributed by atoms with Crippen molar-refractivity contribution >= 4 is 33.6 Å². The summed E-state index contributed by atoms with van der Waals surface area (Å²) in [6, 6.07) is 9.16. The first-order valence-corrected chi connectivity index (χ1v) is 6.34. The normalized spacial score (nSPS) is 11.4. The van der Waals surface area contributed by atoms with Crippen LogP contribution in [0.15, 0.2) is 52.1 Å². The number of H-pyrrole nitrogens is 1. The minimum atomic E-state index is -0.208. The minimum absolute atomic E-state index is 0.208. The summed E-state index contributed by atoms with van der Waals surface area (Å²) in [5.74, 6) is 0. The van der Waals surface area contributed by atoms with Gasteiger partial charge in [-0.25, -0.2) is 4.98 Å².